The van der Waals surface area contributed by atoms with Crippen molar-refractivity contribution in [2.75, 3.05) is 20.2 Å². The Morgan fingerprint density at radius 3 is 2.33 bits per heavy atom. The summed E-state index contributed by atoms with van der Waals surface area (Å²) in [6.45, 7) is 3.11. The van der Waals surface area contributed by atoms with Gasteiger partial charge in [-0.2, -0.15) is 0 Å². The molecule has 5 heteroatoms. The summed E-state index contributed by atoms with van der Waals surface area (Å²) >= 11 is 0. The van der Waals surface area contributed by atoms with E-state index in [9.17, 15) is 9.59 Å². The average molecular weight is 443 g/mol. The first-order valence-electron chi connectivity index (χ1n) is 11.7. The van der Waals surface area contributed by atoms with Crippen molar-refractivity contribution in [3.05, 3.63) is 83.9 Å². The maximum Gasteiger partial charge on any atom is 0.311 e. The SMILES string of the molecule is COC(=O)C1CC(=O)N(Cc2ccc3ccccc3c2)C12CCN(Cc1ccccc1)CC2. The summed E-state index contributed by atoms with van der Waals surface area (Å²) in [4.78, 5) is 30.4. The minimum atomic E-state index is -0.483. The number of amides is 1. The number of hydrogen-bond acceptors (Lipinski definition) is 4. The van der Waals surface area contributed by atoms with E-state index in [2.05, 4.69) is 59.5 Å². The van der Waals surface area contributed by atoms with Crippen LogP contribution in [0.2, 0.25) is 0 Å². The first kappa shape index (κ1) is 21.7. The van der Waals surface area contributed by atoms with Gasteiger partial charge < -0.3 is 9.64 Å². The Balaban J connectivity index is 1.40. The minimum absolute atomic E-state index is 0.0510. The molecule has 1 atom stereocenters. The number of carbonyl (C=O) groups is 2. The molecular formula is C28H30N2O3. The van der Waals surface area contributed by atoms with E-state index in [4.69, 9.17) is 4.74 Å². The van der Waals surface area contributed by atoms with E-state index in [1.807, 2.05) is 23.1 Å². The van der Waals surface area contributed by atoms with E-state index < -0.39 is 11.5 Å². The summed E-state index contributed by atoms with van der Waals surface area (Å²) in [6, 6.07) is 25.1. The predicted molar refractivity (Wildman–Crippen MR) is 128 cm³/mol. The van der Waals surface area contributed by atoms with E-state index in [-0.39, 0.29) is 18.3 Å². The molecule has 1 unspecified atom stereocenters. The molecule has 2 heterocycles. The van der Waals surface area contributed by atoms with E-state index in [1.54, 1.807) is 0 Å². The van der Waals surface area contributed by atoms with Crippen molar-refractivity contribution in [1.82, 2.24) is 9.80 Å². The van der Waals surface area contributed by atoms with E-state index >= 15 is 0 Å². The monoisotopic (exact) mass is 442 g/mol. The molecule has 0 N–H and O–H groups in total. The largest absolute Gasteiger partial charge is 0.469 e. The Hall–Kier alpha value is -3.18. The summed E-state index contributed by atoms with van der Waals surface area (Å²) in [6.07, 6.45) is 1.79. The van der Waals surface area contributed by atoms with Gasteiger partial charge in [-0.05, 0) is 40.8 Å². The van der Waals surface area contributed by atoms with Crippen molar-refractivity contribution in [1.29, 1.82) is 0 Å². The van der Waals surface area contributed by atoms with Gasteiger partial charge in [0, 0.05) is 32.6 Å². The molecule has 3 aromatic carbocycles. The lowest BCUT2D eigenvalue weighted by Crippen LogP contribution is -2.57. The number of hydrogen-bond donors (Lipinski definition) is 0. The number of carbonyl (C=O) groups excluding carboxylic acids is 2. The van der Waals surface area contributed by atoms with Crippen molar-refractivity contribution < 1.29 is 14.3 Å². The molecule has 5 nitrogen and oxygen atoms in total. The third kappa shape index (κ3) is 4.13. The lowest BCUT2D eigenvalue weighted by Gasteiger charge is -2.47. The first-order valence-corrected chi connectivity index (χ1v) is 11.7. The summed E-state index contributed by atoms with van der Waals surface area (Å²) in [7, 11) is 1.43. The number of benzene rings is 3. The van der Waals surface area contributed by atoms with Crippen LogP contribution in [-0.2, 0) is 27.4 Å². The normalized spacial score (nSPS) is 20.5. The highest BCUT2D eigenvalue weighted by Gasteiger charge is 2.56. The molecule has 0 radical (unpaired) electrons. The van der Waals surface area contributed by atoms with Crippen LogP contribution in [0, 0.1) is 5.92 Å². The molecule has 2 fully saturated rings. The fraction of sp³-hybridized carbons (Fsp3) is 0.357. The molecule has 0 bridgehead atoms. The zero-order valence-corrected chi connectivity index (χ0v) is 19.1. The Labute approximate surface area is 194 Å². The van der Waals surface area contributed by atoms with E-state index in [0.29, 0.717) is 6.54 Å². The Kier molecular flexibility index (Phi) is 5.90. The molecule has 0 aliphatic carbocycles. The lowest BCUT2D eigenvalue weighted by molar-refractivity contribution is -0.150. The topological polar surface area (TPSA) is 49.9 Å². The van der Waals surface area contributed by atoms with Crippen LogP contribution < -0.4 is 0 Å². The van der Waals surface area contributed by atoms with Gasteiger partial charge in [-0.1, -0.05) is 66.7 Å². The fourth-order valence-electron chi connectivity index (χ4n) is 5.68. The molecule has 170 valence electrons. The summed E-state index contributed by atoms with van der Waals surface area (Å²) in [5.74, 6) is -0.620. The van der Waals surface area contributed by atoms with Crippen molar-refractivity contribution in [3.8, 4) is 0 Å². The van der Waals surface area contributed by atoms with E-state index in [1.165, 1.54) is 18.1 Å². The zero-order chi connectivity index (χ0) is 22.8. The fourth-order valence-corrected chi connectivity index (χ4v) is 5.68. The van der Waals surface area contributed by atoms with Crippen molar-refractivity contribution >= 4 is 22.6 Å². The van der Waals surface area contributed by atoms with Gasteiger partial charge in [-0.15, -0.1) is 0 Å². The van der Waals surface area contributed by atoms with Gasteiger partial charge in [-0.3, -0.25) is 14.5 Å². The van der Waals surface area contributed by atoms with Gasteiger partial charge in [0.25, 0.3) is 0 Å². The quantitative estimate of drug-likeness (QED) is 0.550. The molecular weight excluding hydrogens is 412 g/mol. The highest BCUT2D eigenvalue weighted by atomic mass is 16.5. The van der Waals surface area contributed by atoms with Crippen LogP contribution in [-0.4, -0.2) is 47.4 Å². The Morgan fingerprint density at radius 2 is 1.61 bits per heavy atom. The second-order valence-electron chi connectivity index (χ2n) is 9.31. The van der Waals surface area contributed by atoms with Gasteiger partial charge in [-0.25, -0.2) is 0 Å². The van der Waals surface area contributed by atoms with Gasteiger partial charge in [0.2, 0.25) is 5.91 Å². The number of esters is 1. The second-order valence-corrected chi connectivity index (χ2v) is 9.31. The second kappa shape index (κ2) is 8.99. The lowest BCUT2D eigenvalue weighted by atomic mass is 9.76. The maximum absolute atomic E-state index is 13.2. The van der Waals surface area contributed by atoms with E-state index in [0.717, 1.165) is 43.4 Å². The first-order chi connectivity index (χ1) is 16.1. The number of fused-ring (bicyclic) bond motifs is 1. The third-order valence-electron chi connectivity index (χ3n) is 7.48. The summed E-state index contributed by atoms with van der Waals surface area (Å²) in [5, 5.41) is 2.35. The summed E-state index contributed by atoms with van der Waals surface area (Å²) < 4.78 is 5.16. The Bertz CT molecular complexity index is 1150. The molecule has 0 saturated carbocycles. The van der Waals surface area contributed by atoms with Crippen LogP contribution in [0.4, 0.5) is 0 Å². The molecule has 1 spiro atoms. The molecule has 1 amide bonds. The highest BCUT2D eigenvalue weighted by molar-refractivity contribution is 5.89. The minimum Gasteiger partial charge on any atom is -0.469 e. The molecule has 3 aromatic rings. The number of piperidine rings is 1. The molecule has 2 saturated heterocycles. The van der Waals surface area contributed by atoms with Gasteiger partial charge in [0.15, 0.2) is 0 Å². The van der Waals surface area contributed by atoms with Crippen LogP contribution in [0.1, 0.15) is 30.4 Å². The number of nitrogens with zero attached hydrogens (tertiary/aromatic N) is 2. The standard InChI is InChI=1S/C28H30N2O3/c1-33-27(32)25-18-26(31)30(20-22-11-12-23-9-5-6-10-24(23)17-22)28(25)13-15-29(16-14-28)19-21-7-3-2-4-8-21/h2-12,17,25H,13-16,18-20H2,1H3. The number of likely N-dealkylation sites (tertiary alicyclic amines) is 2. The summed E-state index contributed by atoms with van der Waals surface area (Å²) in [5.41, 5.74) is 1.90. The van der Waals surface area contributed by atoms with Crippen LogP contribution in [0.5, 0.6) is 0 Å². The number of ether oxygens (including phenoxy) is 1. The van der Waals surface area contributed by atoms with Crippen molar-refractivity contribution in [2.24, 2.45) is 5.92 Å². The van der Waals surface area contributed by atoms with Crippen LogP contribution in [0.25, 0.3) is 10.8 Å². The van der Waals surface area contributed by atoms with Crippen molar-refractivity contribution in [2.45, 2.75) is 37.9 Å². The molecule has 33 heavy (non-hydrogen) atoms. The molecule has 5 rings (SSSR count). The third-order valence-corrected chi connectivity index (χ3v) is 7.48. The molecule has 2 aliphatic heterocycles. The average Bonchev–Trinajstić information content (AvgIpc) is 3.11. The number of rotatable bonds is 5. The van der Waals surface area contributed by atoms with Gasteiger partial charge >= 0.3 is 5.97 Å². The zero-order valence-electron chi connectivity index (χ0n) is 19.1. The van der Waals surface area contributed by atoms with Gasteiger partial charge in [0.05, 0.1) is 18.6 Å². The number of methoxy groups -OCH3 is 1. The smallest absolute Gasteiger partial charge is 0.311 e. The van der Waals surface area contributed by atoms with Crippen LogP contribution in [0.3, 0.4) is 0 Å². The highest BCUT2D eigenvalue weighted by Crippen LogP contribution is 2.45. The maximum atomic E-state index is 13.2. The van der Waals surface area contributed by atoms with Crippen LogP contribution >= 0.6 is 0 Å². The van der Waals surface area contributed by atoms with Crippen LogP contribution in [0.15, 0.2) is 72.8 Å². The predicted octanol–water partition coefficient (Wildman–Crippen LogP) is 4.40. The molecule has 0 aromatic heterocycles. The Morgan fingerprint density at radius 1 is 0.909 bits per heavy atom. The van der Waals surface area contributed by atoms with Gasteiger partial charge in [0.1, 0.15) is 0 Å². The molecule has 2 aliphatic rings. The van der Waals surface area contributed by atoms with Crippen molar-refractivity contribution in [3.63, 3.8) is 0 Å².